The maximum Gasteiger partial charge on any atom is 0.333 e. The first-order chi connectivity index (χ1) is 14.1. The Labute approximate surface area is 178 Å². The van der Waals surface area contributed by atoms with Crippen LogP contribution >= 0.6 is 23.3 Å². The fourth-order valence-electron chi connectivity index (χ4n) is 3.42. The molecule has 2 aliphatic rings. The van der Waals surface area contributed by atoms with Crippen molar-refractivity contribution in [1.29, 1.82) is 0 Å². The van der Waals surface area contributed by atoms with Crippen molar-refractivity contribution in [2.45, 2.75) is 32.3 Å². The van der Waals surface area contributed by atoms with Gasteiger partial charge in [-0.15, -0.1) is 11.3 Å². The quantitative estimate of drug-likeness (QED) is 0.593. The fraction of sp³-hybridized carbons (Fsp3) is 0.318. The van der Waals surface area contributed by atoms with E-state index in [4.69, 9.17) is 9.47 Å². The lowest BCUT2D eigenvalue weighted by molar-refractivity contribution is -0.149. The van der Waals surface area contributed by atoms with Gasteiger partial charge in [-0.3, -0.25) is 4.31 Å². The largest absolute Gasteiger partial charge is 0.479 e. The van der Waals surface area contributed by atoms with Gasteiger partial charge in [-0.05, 0) is 72.0 Å². The van der Waals surface area contributed by atoms with Crippen LogP contribution < -0.4 is 9.04 Å². The fourth-order valence-corrected chi connectivity index (χ4v) is 5.47. The minimum atomic E-state index is -0.938. The molecular formula is C22H23NO4S2. The Morgan fingerprint density at radius 1 is 1.28 bits per heavy atom. The molecule has 1 aliphatic carbocycles. The second-order valence-corrected chi connectivity index (χ2v) is 8.83. The summed E-state index contributed by atoms with van der Waals surface area (Å²) < 4.78 is 13.5. The molecule has 0 fully saturated rings. The molecule has 7 heteroatoms. The van der Waals surface area contributed by atoms with Crippen molar-refractivity contribution in [3.05, 3.63) is 69.5 Å². The molecule has 1 N–H and O–H groups in total. The van der Waals surface area contributed by atoms with Crippen LogP contribution in [0.3, 0.4) is 0 Å². The molecule has 2 aromatic rings. The molecule has 2 heterocycles. The van der Waals surface area contributed by atoms with Gasteiger partial charge in [0, 0.05) is 17.9 Å². The van der Waals surface area contributed by atoms with E-state index in [1.807, 2.05) is 24.3 Å². The standard InChI is InChI=1S/C22H23NO4S2/c1-2-26-19(22(24)25)12-15-6-8-18(9-7-15)27-14-23-21-17(10-11-28-21)13-16-4-3-5-20(16)29-23/h3,5-11,19H,2,4,12-14H2,1H3,(H,24,25). The summed E-state index contributed by atoms with van der Waals surface area (Å²) in [6, 6.07) is 9.78. The molecule has 1 aromatic heterocycles. The van der Waals surface area contributed by atoms with Crippen LogP contribution in [0.25, 0.3) is 0 Å². The van der Waals surface area contributed by atoms with Gasteiger partial charge in [0.15, 0.2) is 12.8 Å². The van der Waals surface area contributed by atoms with Gasteiger partial charge in [0.25, 0.3) is 0 Å². The number of allylic oxidation sites excluding steroid dienone is 3. The molecule has 152 valence electrons. The SMILES string of the molecule is CCOC(Cc1ccc(OCN2SC3=C(CC=C3)Cc3ccsc32)cc1)C(=O)O. The first-order valence-electron chi connectivity index (χ1n) is 9.60. The molecule has 0 radical (unpaired) electrons. The summed E-state index contributed by atoms with van der Waals surface area (Å²) in [5, 5.41) is 12.6. The van der Waals surface area contributed by atoms with Gasteiger partial charge >= 0.3 is 5.97 Å². The van der Waals surface area contributed by atoms with E-state index in [0.717, 1.165) is 24.2 Å². The van der Waals surface area contributed by atoms with E-state index in [9.17, 15) is 9.90 Å². The van der Waals surface area contributed by atoms with Gasteiger partial charge in [0.2, 0.25) is 0 Å². The third kappa shape index (κ3) is 4.69. The lowest BCUT2D eigenvalue weighted by Gasteiger charge is -2.22. The Balaban J connectivity index is 1.40. The number of fused-ring (bicyclic) bond motifs is 1. The van der Waals surface area contributed by atoms with E-state index >= 15 is 0 Å². The summed E-state index contributed by atoms with van der Waals surface area (Å²) in [6.07, 6.45) is 5.98. The molecule has 1 atom stereocenters. The van der Waals surface area contributed by atoms with Crippen LogP contribution in [-0.4, -0.2) is 30.5 Å². The number of carboxylic acid groups (broad SMARTS) is 1. The van der Waals surface area contributed by atoms with Gasteiger partial charge in [-0.1, -0.05) is 24.3 Å². The number of hydrogen-bond acceptors (Lipinski definition) is 6. The summed E-state index contributed by atoms with van der Waals surface area (Å²) in [6.45, 7) is 2.62. The summed E-state index contributed by atoms with van der Waals surface area (Å²) in [7, 11) is 0. The smallest absolute Gasteiger partial charge is 0.333 e. The molecule has 29 heavy (non-hydrogen) atoms. The van der Waals surface area contributed by atoms with Crippen LogP contribution in [0.2, 0.25) is 0 Å². The van der Waals surface area contributed by atoms with Crippen molar-refractivity contribution in [3.63, 3.8) is 0 Å². The number of nitrogens with zero attached hydrogens (tertiary/aromatic N) is 1. The zero-order valence-corrected chi connectivity index (χ0v) is 17.8. The number of carboxylic acids is 1. The van der Waals surface area contributed by atoms with Crippen molar-refractivity contribution in [3.8, 4) is 5.75 Å². The summed E-state index contributed by atoms with van der Waals surface area (Å²) in [5.74, 6) is -0.178. The topological polar surface area (TPSA) is 59.0 Å². The number of carbonyl (C=O) groups is 1. The molecule has 0 amide bonds. The molecule has 1 aliphatic heterocycles. The normalized spacial score (nSPS) is 16.4. The van der Waals surface area contributed by atoms with Crippen LogP contribution in [0.1, 0.15) is 24.5 Å². The van der Waals surface area contributed by atoms with Gasteiger partial charge < -0.3 is 14.6 Å². The van der Waals surface area contributed by atoms with Crippen LogP contribution in [-0.2, 0) is 22.4 Å². The molecule has 4 rings (SSSR count). The lowest BCUT2D eigenvalue weighted by atomic mass is 10.1. The van der Waals surface area contributed by atoms with Crippen molar-refractivity contribution in [2.75, 3.05) is 17.6 Å². The zero-order valence-electron chi connectivity index (χ0n) is 16.2. The predicted molar refractivity (Wildman–Crippen MR) is 118 cm³/mol. The summed E-state index contributed by atoms with van der Waals surface area (Å²) >= 11 is 3.48. The molecule has 1 unspecified atom stereocenters. The summed E-state index contributed by atoms with van der Waals surface area (Å²) in [4.78, 5) is 12.6. The number of aliphatic carboxylic acids is 1. The van der Waals surface area contributed by atoms with Crippen LogP contribution in [0, 0.1) is 0 Å². The number of benzene rings is 1. The second-order valence-electron chi connectivity index (χ2n) is 6.88. The highest BCUT2D eigenvalue weighted by atomic mass is 32.2. The Kier molecular flexibility index (Phi) is 6.28. The average molecular weight is 430 g/mol. The number of rotatable bonds is 8. The highest BCUT2D eigenvalue weighted by Gasteiger charge is 2.24. The van der Waals surface area contributed by atoms with Gasteiger partial charge in [0.05, 0.1) is 0 Å². The number of hydrogen-bond donors (Lipinski definition) is 1. The maximum atomic E-state index is 11.3. The second kappa shape index (κ2) is 9.07. The monoisotopic (exact) mass is 429 g/mol. The Bertz CT molecular complexity index is 933. The summed E-state index contributed by atoms with van der Waals surface area (Å²) in [5.41, 5.74) is 3.74. The Morgan fingerprint density at radius 2 is 2.10 bits per heavy atom. The van der Waals surface area contributed by atoms with Crippen molar-refractivity contribution >= 4 is 34.3 Å². The number of anilines is 1. The van der Waals surface area contributed by atoms with Crippen molar-refractivity contribution in [1.82, 2.24) is 0 Å². The minimum Gasteiger partial charge on any atom is -0.479 e. The van der Waals surface area contributed by atoms with Crippen molar-refractivity contribution in [2.24, 2.45) is 0 Å². The van der Waals surface area contributed by atoms with Crippen molar-refractivity contribution < 1.29 is 19.4 Å². The predicted octanol–water partition coefficient (Wildman–Crippen LogP) is 5.04. The Morgan fingerprint density at radius 3 is 2.86 bits per heavy atom. The van der Waals surface area contributed by atoms with E-state index in [2.05, 4.69) is 27.9 Å². The first kappa shape index (κ1) is 20.1. The molecule has 0 saturated carbocycles. The van der Waals surface area contributed by atoms with Crippen LogP contribution in [0.4, 0.5) is 5.00 Å². The van der Waals surface area contributed by atoms with Gasteiger partial charge in [0.1, 0.15) is 10.8 Å². The molecule has 0 spiro atoms. The molecule has 1 aromatic carbocycles. The number of thiophene rings is 1. The van der Waals surface area contributed by atoms with Crippen LogP contribution in [0.5, 0.6) is 5.75 Å². The molecule has 0 bridgehead atoms. The maximum absolute atomic E-state index is 11.3. The van der Waals surface area contributed by atoms with E-state index in [-0.39, 0.29) is 0 Å². The van der Waals surface area contributed by atoms with Gasteiger partial charge in [-0.2, -0.15) is 0 Å². The average Bonchev–Trinajstić information content (AvgIpc) is 3.33. The van der Waals surface area contributed by atoms with Gasteiger partial charge in [-0.25, -0.2) is 4.79 Å². The van der Waals surface area contributed by atoms with E-state index in [1.54, 1.807) is 30.2 Å². The minimum absolute atomic E-state index is 0.341. The molecular weight excluding hydrogens is 406 g/mol. The first-order valence-corrected chi connectivity index (χ1v) is 11.3. The third-order valence-electron chi connectivity index (χ3n) is 4.88. The molecule has 5 nitrogen and oxygen atoms in total. The van der Waals surface area contributed by atoms with E-state index in [0.29, 0.717) is 19.8 Å². The lowest BCUT2D eigenvalue weighted by Crippen LogP contribution is -2.26. The Hall–Kier alpha value is -2.22. The van der Waals surface area contributed by atoms with E-state index < -0.39 is 12.1 Å². The zero-order chi connectivity index (χ0) is 20.2. The van der Waals surface area contributed by atoms with Crippen LogP contribution in [0.15, 0.2) is 58.3 Å². The number of ether oxygens (including phenoxy) is 2. The highest BCUT2D eigenvalue weighted by molar-refractivity contribution is 8.04. The third-order valence-corrected chi connectivity index (χ3v) is 7.10. The molecule has 0 saturated heterocycles. The highest BCUT2D eigenvalue weighted by Crippen LogP contribution is 2.44. The van der Waals surface area contributed by atoms with E-state index in [1.165, 1.54) is 21.0 Å².